The molecule has 1 aliphatic heterocycles. The van der Waals surface area contributed by atoms with Gasteiger partial charge in [0.05, 0.1) is 23.8 Å². The predicted octanol–water partition coefficient (Wildman–Crippen LogP) is 3.57. The van der Waals surface area contributed by atoms with Crippen molar-refractivity contribution >= 4 is 21.6 Å². The molecule has 2 aromatic carbocycles. The van der Waals surface area contributed by atoms with Gasteiger partial charge in [-0.05, 0) is 73.5 Å². The standard InChI is InChI=1S/C23H24N2O6S/c26-23(17-5-9-19(10-6-17)31-16-21-4-2-14-30-21)25-18-7-11-22(12-8-18)32(27,28)24-15-20-3-1-13-29-20/h1,3,5-13,21,24H,2,4,14-16H2,(H,25,26)/t21-/m0/s1. The van der Waals surface area contributed by atoms with E-state index in [9.17, 15) is 13.2 Å². The van der Waals surface area contributed by atoms with E-state index in [-0.39, 0.29) is 23.5 Å². The molecule has 8 nitrogen and oxygen atoms in total. The maximum absolute atomic E-state index is 12.5. The van der Waals surface area contributed by atoms with Gasteiger partial charge in [0.2, 0.25) is 10.0 Å². The summed E-state index contributed by atoms with van der Waals surface area (Å²) < 4.78 is 43.6. The van der Waals surface area contributed by atoms with E-state index in [1.807, 2.05) is 0 Å². The summed E-state index contributed by atoms with van der Waals surface area (Å²) >= 11 is 0. The SMILES string of the molecule is O=C(Nc1ccc(S(=O)(=O)NCc2ccco2)cc1)c1ccc(OC[C@@H]2CCCO2)cc1. The van der Waals surface area contributed by atoms with Crippen molar-refractivity contribution in [2.24, 2.45) is 0 Å². The Kier molecular flexibility index (Phi) is 6.89. The average Bonchev–Trinajstić information content (AvgIpc) is 3.51. The lowest BCUT2D eigenvalue weighted by Gasteiger charge is -2.12. The van der Waals surface area contributed by atoms with E-state index >= 15 is 0 Å². The van der Waals surface area contributed by atoms with Gasteiger partial charge < -0.3 is 19.2 Å². The van der Waals surface area contributed by atoms with Crippen LogP contribution < -0.4 is 14.8 Å². The number of amides is 1. The van der Waals surface area contributed by atoms with Crippen molar-refractivity contribution in [2.45, 2.75) is 30.4 Å². The Bertz CT molecular complexity index is 1120. The molecule has 0 spiro atoms. The number of sulfonamides is 1. The topological polar surface area (TPSA) is 107 Å². The minimum Gasteiger partial charge on any atom is -0.491 e. The van der Waals surface area contributed by atoms with Crippen LogP contribution in [0.3, 0.4) is 0 Å². The fraction of sp³-hybridized carbons (Fsp3) is 0.261. The third kappa shape index (κ3) is 5.76. The summed E-state index contributed by atoms with van der Waals surface area (Å²) in [7, 11) is -3.70. The van der Waals surface area contributed by atoms with E-state index in [0.29, 0.717) is 29.4 Å². The summed E-state index contributed by atoms with van der Waals surface area (Å²) in [5.74, 6) is 0.886. The molecule has 1 aliphatic rings. The Morgan fingerprint density at radius 3 is 2.50 bits per heavy atom. The smallest absolute Gasteiger partial charge is 0.255 e. The maximum Gasteiger partial charge on any atom is 0.255 e. The lowest BCUT2D eigenvalue weighted by molar-refractivity contribution is 0.0679. The van der Waals surface area contributed by atoms with Gasteiger partial charge in [-0.3, -0.25) is 4.79 Å². The molecule has 2 heterocycles. The number of furan rings is 1. The highest BCUT2D eigenvalue weighted by Crippen LogP contribution is 2.19. The van der Waals surface area contributed by atoms with Gasteiger partial charge in [-0.15, -0.1) is 0 Å². The molecule has 4 rings (SSSR count). The zero-order chi connectivity index (χ0) is 22.4. The third-order valence-corrected chi connectivity index (χ3v) is 6.43. The molecule has 0 aliphatic carbocycles. The minimum atomic E-state index is -3.70. The number of rotatable bonds is 9. The first-order valence-electron chi connectivity index (χ1n) is 10.3. The highest BCUT2D eigenvalue weighted by Gasteiger charge is 2.17. The van der Waals surface area contributed by atoms with Crippen LogP contribution in [0.5, 0.6) is 5.75 Å². The van der Waals surface area contributed by atoms with E-state index in [4.69, 9.17) is 13.9 Å². The average molecular weight is 457 g/mol. The highest BCUT2D eigenvalue weighted by atomic mass is 32.2. The molecule has 3 aromatic rings. The minimum absolute atomic E-state index is 0.0568. The number of carbonyl (C=O) groups excluding carboxylic acids is 1. The summed E-state index contributed by atoms with van der Waals surface area (Å²) in [6, 6.07) is 16.2. The molecule has 0 unspecified atom stereocenters. The van der Waals surface area contributed by atoms with E-state index in [2.05, 4.69) is 10.0 Å². The normalized spacial score (nSPS) is 16.1. The van der Waals surface area contributed by atoms with Crippen LogP contribution in [0.25, 0.3) is 0 Å². The highest BCUT2D eigenvalue weighted by molar-refractivity contribution is 7.89. The summed E-state index contributed by atoms with van der Waals surface area (Å²) in [5, 5.41) is 2.76. The monoisotopic (exact) mass is 456 g/mol. The molecular weight excluding hydrogens is 432 g/mol. The quantitative estimate of drug-likeness (QED) is 0.510. The summed E-state index contributed by atoms with van der Waals surface area (Å²) in [6.07, 6.45) is 3.67. The first kappa shape index (κ1) is 22.1. The van der Waals surface area contributed by atoms with Gasteiger partial charge in [-0.2, -0.15) is 0 Å². The van der Waals surface area contributed by atoms with Crippen molar-refractivity contribution in [1.29, 1.82) is 0 Å². The summed E-state index contributed by atoms with van der Waals surface area (Å²) in [5.41, 5.74) is 0.949. The van der Waals surface area contributed by atoms with Crippen molar-refractivity contribution in [1.82, 2.24) is 4.72 Å². The Morgan fingerprint density at radius 2 is 1.84 bits per heavy atom. The Morgan fingerprint density at radius 1 is 1.06 bits per heavy atom. The number of hydrogen-bond acceptors (Lipinski definition) is 6. The molecule has 168 valence electrons. The van der Waals surface area contributed by atoms with E-state index in [1.54, 1.807) is 48.5 Å². The van der Waals surface area contributed by atoms with Gasteiger partial charge in [0.15, 0.2) is 0 Å². The van der Waals surface area contributed by atoms with Crippen LogP contribution in [0.2, 0.25) is 0 Å². The Hall–Kier alpha value is -3.14. The molecule has 0 radical (unpaired) electrons. The zero-order valence-corrected chi connectivity index (χ0v) is 18.1. The fourth-order valence-corrected chi connectivity index (χ4v) is 4.24. The predicted molar refractivity (Wildman–Crippen MR) is 118 cm³/mol. The first-order valence-corrected chi connectivity index (χ1v) is 11.8. The number of benzene rings is 2. The van der Waals surface area contributed by atoms with E-state index in [0.717, 1.165) is 19.4 Å². The maximum atomic E-state index is 12.5. The van der Waals surface area contributed by atoms with Crippen LogP contribution in [-0.4, -0.2) is 33.6 Å². The molecule has 2 N–H and O–H groups in total. The fourth-order valence-electron chi connectivity index (χ4n) is 3.25. The van der Waals surface area contributed by atoms with Crippen molar-refractivity contribution in [3.8, 4) is 5.75 Å². The molecule has 9 heteroatoms. The van der Waals surface area contributed by atoms with Crippen molar-refractivity contribution in [3.63, 3.8) is 0 Å². The van der Waals surface area contributed by atoms with Crippen molar-refractivity contribution in [2.75, 3.05) is 18.5 Å². The van der Waals surface area contributed by atoms with Gasteiger partial charge in [0, 0.05) is 17.9 Å². The van der Waals surface area contributed by atoms with Gasteiger partial charge in [-0.25, -0.2) is 13.1 Å². The second-order valence-electron chi connectivity index (χ2n) is 7.35. The van der Waals surface area contributed by atoms with Crippen molar-refractivity contribution < 1.29 is 27.1 Å². The van der Waals surface area contributed by atoms with Crippen LogP contribution in [0, 0.1) is 0 Å². The zero-order valence-electron chi connectivity index (χ0n) is 17.3. The van der Waals surface area contributed by atoms with Crippen LogP contribution in [0.15, 0.2) is 76.2 Å². The van der Waals surface area contributed by atoms with E-state index < -0.39 is 10.0 Å². The Labute approximate surface area is 186 Å². The molecule has 1 fully saturated rings. The lowest BCUT2D eigenvalue weighted by atomic mass is 10.2. The van der Waals surface area contributed by atoms with Crippen LogP contribution in [-0.2, 0) is 21.3 Å². The number of nitrogens with one attached hydrogen (secondary N) is 2. The number of anilines is 1. The molecule has 1 atom stereocenters. The number of ether oxygens (including phenoxy) is 2. The first-order chi connectivity index (χ1) is 15.5. The molecule has 0 saturated carbocycles. The number of carbonyl (C=O) groups is 1. The van der Waals surface area contributed by atoms with Crippen LogP contribution in [0.4, 0.5) is 5.69 Å². The molecule has 0 bridgehead atoms. The molecule has 1 amide bonds. The molecule has 1 saturated heterocycles. The van der Waals surface area contributed by atoms with Gasteiger partial charge in [0.25, 0.3) is 5.91 Å². The summed E-state index contributed by atoms with van der Waals surface area (Å²) in [4.78, 5) is 12.6. The van der Waals surface area contributed by atoms with Crippen molar-refractivity contribution in [3.05, 3.63) is 78.3 Å². The van der Waals surface area contributed by atoms with E-state index in [1.165, 1.54) is 18.4 Å². The number of hydrogen-bond donors (Lipinski definition) is 2. The lowest BCUT2D eigenvalue weighted by Crippen LogP contribution is -2.23. The van der Waals surface area contributed by atoms with Gasteiger partial charge >= 0.3 is 0 Å². The molecular formula is C23H24N2O6S. The molecule has 1 aromatic heterocycles. The van der Waals surface area contributed by atoms with Gasteiger partial charge in [-0.1, -0.05) is 0 Å². The second-order valence-corrected chi connectivity index (χ2v) is 9.12. The third-order valence-electron chi connectivity index (χ3n) is 5.02. The second kappa shape index (κ2) is 9.99. The van der Waals surface area contributed by atoms with Crippen LogP contribution in [0.1, 0.15) is 29.0 Å². The van der Waals surface area contributed by atoms with Crippen LogP contribution >= 0.6 is 0 Å². The molecule has 32 heavy (non-hydrogen) atoms. The van der Waals surface area contributed by atoms with Gasteiger partial charge in [0.1, 0.15) is 18.1 Å². The largest absolute Gasteiger partial charge is 0.491 e. The Balaban J connectivity index is 1.31. The summed E-state index contributed by atoms with van der Waals surface area (Å²) in [6.45, 7) is 1.33.